The lowest BCUT2D eigenvalue weighted by atomic mass is 10.2. The molecule has 2 aromatic rings. The lowest BCUT2D eigenvalue weighted by molar-refractivity contribution is 0.682. The lowest BCUT2D eigenvalue weighted by Crippen LogP contribution is -2.01. The van der Waals surface area contributed by atoms with E-state index in [1.807, 2.05) is 0 Å². The van der Waals surface area contributed by atoms with Crippen LogP contribution in [-0.2, 0) is 16.6 Å². The molecular weight excluding hydrogens is 325 g/mol. The predicted molar refractivity (Wildman–Crippen MR) is 82.4 cm³/mol. The molecule has 0 aliphatic heterocycles. The third kappa shape index (κ3) is 3.63. The van der Waals surface area contributed by atoms with Crippen molar-refractivity contribution in [2.45, 2.75) is 10.6 Å². The zero-order chi connectivity index (χ0) is 14.0. The second-order valence-electron chi connectivity index (χ2n) is 3.91. The summed E-state index contributed by atoms with van der Waals surface area (Å²) in [5.41, 5.74) is 7.11. The van der Waals surface area contributed by atoms with E-state index < -0.39 is 10.8 Å². The normalized spacial score (nSPS) is 12.4. The van der Waals surface area contributed by atoms with Crippen LogP contribution in [0, 0.1) is 0 Å². The Labute approximate surface area is 128 Å². The fourth-order valence-corrected chi connectivity index (χ4v) is 3.61. The fraction of sp³-hybridized carbons (Fsp3) is 0.0769. The van der Waals surface area contributed by atoms with Crippen LogP contribution in [0.4, 0.5) is 5.69 Å². The summed E-state index contributed by atoms with van der Waals surface area (Å²) in [6.07, 6.45) is 0. The molecule has 19 heavy (non-hydrogen) atoms. The zero-order valence-electron chi connectivity index (χ0n) is 9.70. The summed E-state index contributed by atoms with van der Waals surface area (Å²) in [4.78, 5) is 0.494. The molecule has 6 heteroatoms. The van der Waals surface area contributed by atoms with Crippen molar-refractivity contribution in [2.75, 3.05) is 5.73 Å². The molecule has 0 fully saturated rings. The van der Waals surface area contributed by atoms with Gasteiger partial charge in [-0.25, -0.2) is 0 Å². The molecule has 0 saturated heterocycles. The van der Waals surface area contributed by atoms with E-state index in [1.54, 1.807) is 36.4 Å². The first-order chi connectivity index (χ1) is 8.97. The molecule has 0 aliphatic rings. The first-order valence-electron chi connectivity index (χ1n) is 5.34. The highest BCUT2D eigenvalue weighted by Gasteiger charge is 2.12. The first-order valence-corrected chi connectivity index (χ1v) is 7.80. The Balaban J connectivity index is 2.30. The maximum absolute atomic E-state index is 12.3. The summed E-state index contributed by atoms with van der Waals surface area (Å²) < 4.78 is 12.3. The van der Waals surface area contributed by atoms with Crippen molar-refractivity contribution in [1.29, 1.82) is 0 Å². The van der Waals surface area contributed by atoms with Crippen LogP contribution in [0.25, 0.3) is 0 Å². The van der Waals surface area contributed by atoms with E-state index in [9.17, 15) is 4.21 Å². The maximum atomic E-state index is 12.3. The molecule has 1 unspecified atom stereocenters. The van der Waals surface area contributed by atoms with Gasteiger partial charge in [-0.05, 0) is 42.0 Å². The number of rotatable bonds is 3. The summed E-state index contributed by atoms with van der Waals surface area (Å²) >= 11 is 17.8. The van der Waals surface area contributed by atoms with Crippen molar-refractivity contribution < 1.29 is 4.21 Å². The number of hydrogen-bond acceptors (Lipinski definition) is 2. The molecule has 0 aliphatic carbocycles. The summed E-state index contributed by atoms with van der Waals surface area (Å²) in [7, 11) is -1.33. The molecule has 2 rings (SSSR count). The van der Waals surface area contributed by atoms with Crippen LogP contribution in [-0.4, -0.2) is 4.21 Å². The van der Waals surface area contributed by atoms with E-state index in [0.29, 0.717) is 25.7 Å². The minimum Gasteiger partial charge on any atom is -0.398 e. The standard InChI is InChI=1S/C13H10Cl3NOS/c14-9-2-4-12(17)8(5-9)7-19(18)13-6-10(15)1-3-11(13)16/h1-6H,7,17H2. The number of hydrogen-bond donors (Lipinski definition) is 1. The first kappa shape index (κ1) is 14.7. The molecule has 0 aromatic heterocycles. The van der Waals surface area contributed by atoms with Gasteiger partial charge in [0.05, 0.1) is 26.5 Å². The summed E-state index contributed by atoms with van der Waals surface area (Å²) in [5.74, 6) is 0.243. The lowest BCUT2D eigenvalue weighted by Gasteiger charge is -2.08. The Kier molecular flexibility index (Phi) is 4.74. The third-order valence-corrected chi connectivity index (χ3v) is 4.84. The fourth-order valence-electron chi connectivity index (χ4n) is 1.57. The van der Waals surface area contributed by atoms with Crippen LogP contribution >= 0.6 is 34.8 Å². The second kappa shape index (κ2) is 6.14. The monoisotopic (exact) mass is 333 g/mol. The Morgan fingerprint density at radius 1 is 1.00 bits per heavy atom. The Morgan fingerprint density at radius 2 is 1.63 bits per heavy atom. The molecule has 2 nitrogen and oxygen atoms in total. The van der Waals surface area contributed by atoms with Crippen LogP contribution in [0.3, 0.4) is 0 Å². The van der Waals surface area contributed by atoms with Gasteiger partial charge < -0.3 is 5.73 Å². The van der Waals surface area contributed by atoms with Crippen LogP contribution in [0.1, 0.15) is 5.56 Å². The van der Waals surface area contributed by atoms with Gasteiger partial charge in [-0.1, -0.05) is 34.8 Å². The van der Waals surface area contributed by atoms with Crippen molar-refractivity contribution in [2.24, 2.45) is 0 Å². The Morgan fingerprint density at radius 3 is 2.37 bits per heavy atom. The topological polar surface area (TPSA) is 43.1 Å². The molecule has 1 atom stereocenters. The predicted octanol–water partition coefficient (Wildman–Crippen LogP) is 4.54. The van der Waals surface area contributed by atoms with Gasteiger partial charge in [-0.15, -0.1) is 0 Å². The molecule has 0 saturated carbocycles. The van der Waals surface area contributed by atoms with Crippen LogP contribution in [0.15, 0.2) is 41.3 Å². The molecule has 0 amide bonds. The van der Waals surface area contributed by atoms with Gasteiger partial charge in [-0.2, -0.15) is 0 Å². The van der Waals surface area contributed by atoms with E-state index in [1.165, 1.54) is 0 Å². The molecular formula is C13H10Cl3NOS. The minimum atomic E-state index is -1.33. The number of benzene rings is 2. The van der Waals surface area contributed by atoms with Crippen molar-refractivity contribution in [3.8, 4) is 0 Å². The molecule has 0 bridgehead atoms. The number of nitrogens with two attached hydrogens (primary N) is 1. The Hall–Kier alpha value is -0.740. The average Bonchev–Trinajstić information content (AvgIpc) is 2.36. The highest BCUT2D eigenvalue weighted by molar-refractivity contribution is 7.84. The second-order valence-corrected chi connectivity index (χ2v) is 6.61. The van der Waals surface area contributed by atoms with Crippen molar-refractivity contribution in [3.05, 3.63) is 57.0 Å². The van der Waals surface area contributed by atoms with Crippen molar-refractivity contribution in [3.63, 3.8) is 0 Å². The summed E-state index contributed by atoms with van der Waals surface area (Å²) in [6.45, 7) is 0. The van der Waals surface area contributed by atoms with Crippen molar-refractivity contribution >= 4 is 51.3 Å². The summed E-state index contributed by atoms with van der Waals surface area (Å²) in [6, 6.07) is 9.95. The maximum Gasteiger partial charge on any atom is 0.0592 e. The highest BCUT2D eigenvalue weighted by atomic mass is 35.5. The van der Waals surface area contributed by atoms with Gasteiger partial charge >= 0.3 is 0 Å². The molecule has 2 aromatic carbocycles. The minimum absolute atomic E-state index is 0.243. The molecule has 0 spiro atoms. The van der Waals surface area contributed by atoms with Gasteiger partial charge in [0, 0.05) is 15.7 Å². The van der Waals surface area contributed by atoms with Crippen LogP contribution < -0.4 is 5.73 Å². The third-order valence-electron chi connectivity index (χ3n) is 2.53. The van der Waals surface area contributed by atoms with E-state index in [0.717, 1.165) is 5.56 Å². The molecule has 2 N–H and O–H groups in total. The number of anilines is 1. The van der Waals surface area contributed by atoms with Crippen LogP contribution in [0.5, 0.6) is 0 Å². The van der Waals surface area contributed by atoms with Gasteiger partial charge in [0.15, 0.2) is 0 Å². The van der Waals surface area contributed by atoms with Gasteiger partial charge in [0.1, 0.15) is 0 Å². The highest BCUT2D eigenvalue weighted by Crippen LogP contribution is 2.27. The summed E-state index contributed by atoms with van der Waals surface area (Å²) in [5, 5.41) is 1.47. The van der Waals surface area contributed by atoms with Gasteiger partial charge in [-0.3, -0.25) is 4.21 Å². The molecule has 0 radical (unpaired) electrons. The number of halogens is 3. The Bertz CT molecular complexity index is 646. The van der Waals surface area contributed by atoms with E-state index in [2.05, 4.69) is 0 Å². The average molecular weight is 335 g/mol. The van der Waals surface area contributed by atoms with E-state index in [-0.39, 0.29) is 5.75 Å². The van der Waals surface area contributed by atoms with Crippen molar-refractivity contribution in [1.82, 2.24) is 0 Å². The molecule has 0 heterocycles. The van der Waals surface area contributed by atoms with Crippen LogP contribution in [0.2, 0.25) is 15.1 Å². The zero-order valence-corrected chi connectivity index (χ0v) is 12.8. The van der Waals surface area contributed by atoms with Gasteiger partial charge in [0.2, 0.25) is 0 Å². The smallest absolute Gasteiger partial charge is 0.0592 e. The van der Waals surface area contributed by atoms with Gasteiger partial charge in [0.25, 0.3) is 0 Å². The van der Waals surface area contributed by atoms with E-state index >= 15 is 0 Å². The quantitative estimate of drug-likeness (QED) is 0.838. The van der Waals surface area contributed by atoms with E-state index in [4.69, 9.17) is 40.5 Å². The SMILES string of the molecule is Nc1ccc(Cl)cc1CS(=O)c1cc(Cl)ccc1Cl. The molecule has 100 valence electrons. The largest absolute Gasteiger partial charge is 0.398 e. The number of nitrogen functional groups attached to an aromatic ring is 1.